The maximum atomic E-state index is 12.3. The van der Waals surface area contributed by atoms with Crippen LogP contribution in [0.4, 0.5) is 14.5 Å². The summed E-state index contributed by atoms with van der Waals surface area (Å²) in [5.41, 5.74) is 0.286. The standard InChI is InChI=1S/C12H11F2NO3S/c13-12(14)19-9-4-2-1-3-8(9)15-10(16)6-5-7(6)11(17)18/h1-4,6-7,12H,5H2,(H,15,16)(H,17,18)/t6-,7+/m1/s1. The van der Waals surface area contributed by atoms with Gasteiger partial charge in [0.05, 0.1) is 17.5 Å². The van der Waals surface area contributed by atoms with Gasteiger partial charge in [-0.3, -0.25) is 9.59 Å². The Morgan fingerprint density at radius 1 is 1.32 bits per heavy atom. The van der Waals surface area contributed by atoms with Crippen LogP contribution in [0.3, 0.4) is 0 Å². The summed E-state index contributed by atoms with van der Waals surface area (Å²) in [6, 6.07) is 6.21. The SMILES string of the molecule is O=C(O)[C@H]1C[C@H]1C(=O)Nc1ccccc1SC(F)F. The predicted octanol–water partition coefficient (Wildman–Crippen LogP) is 2.66. The van der Waals surface area contributed by atoms with E-state index in [0.717, 1.165) is 0 Å². The van der Waals surface area contributed by atoms with E-state index in [1.165, 1.54) is 12.1 Å². The minimum atomic E-state index is -2.58. The van der Waals surface area contributed by atoms with Crippen molar-refractivity contribution in [3.8, 4) is 0 Å². The van der Waals surface area contributed by atoms with Crippen molar-refractivity contribution in [2.24, 2.45) is 11.8 Å². The van der Waals surface area contributed by atoms with Gasteiger partial charge < -0.3 is 10.4 Å². The maximum absolute atomic E-state index is 12.3. The summed E-state index contributed by atoms with van der Waals surface area (Å²) in [7, 11) is 0. The largest absolute Gasteiger partial charge is 0.481 e. The maximum Gasteiger partial charge on any atom is 0.307 e. The van der Waals surface area contributed by atoms with Crippen molar-refractivity contribution in [1.82, 2.24) is 0 Å². The second-order valence-corrected chi connectivity index (χ2v) is 5.18. The number of thioether (sulfide) groups is 1. The van der Waals surface area contributed by atoms with Gasteiger partial charge in [-0.05, 0) is 18.6 Å². The van der Waals surface area contributed by atoms with Crippen LogP contribution in [0, 0.1) is 11.8 Å². The van der Waals surface area contributed by atoms with Gasteiger partial charge in [0.1, 0.15) is 0 Å². The first-order chi connectivity index (χ1) is 8.99. The van der Waals surface area contributed by atoms with Crippen molar-refractivity contribution in [1.29, 1.82) is 0 Å². The molecule has 1 aromatic rings. The molecule has 1 aliphatic rings. The van der Waals surface area contributed by atoms with Gasteiger partial charge in [-0.1, -0.05) is 23.9 Å². The van der Waals surface area contributed by atoms with Gasteiger partial charge in [0.15, 0.2) is 0 Å². The van der Waals surface area contributed by atoms with E-state index in [4.69, 9.17) is 5.11 Å². The highest BCUT2D eigenvalue weighted by atomic mass is 32.2. The number of hydrogen-bond acceptors (Lipinski definition) is 3. The fraction of sp³-hybridized carbons (Fsp3) is 0.333. The third-order valence-corrected chi connectivity index (χ3v) is 3.59. The molecule has 1 amide bonds. The summed E-state index contributed by atoms with van der Waals surface area (Å²) in [6.07, 6.45) is 0.297. The first-order valence-corrected chi connectivity index (χ1v) is 6.44. The number of rotatable bonds is 5. The number of carboxylic acid groups (broad SMARTS) is 1. The Balaban J connectivity index is 2.03. The summed E-state index contributed by atoms with van der Waals surface area (Å²) in [4.78, 5) is 22.7. The lowest BCUT2D eigenvalue weighted by Crippen LogP contribution is -2.17. The van der Waals surface area contributed by atoms with E-state index in [9.17, 15) is 18.4 Å². The van der Waals surface area contributed by atoms with Crippen LogP contribution in [0.1, 0.15) is 6.42 Å². The summed E-state index contributed by atoms with van der Waals surface area (Å²) < 4.78 is 24.7. The average molecular weight is 287 g/mol. The number of para-hydroxylation sites is 1. The number of aliphatic carboxylic acids is 1. The molecule has 0 radical (unpaired) electrons. The van der Waals surface area contributed by atoms with Gasteiger partial charge in [-0.15, -0.1) is 0 Å². The molecule has 0 bridgehead atoms. The summed E-state index contributed by atoms with van der Waals surface area (Å²) in [5, 5.41) is 11.2. The number of carboxylic acids is 1. The second-order valence-electron chi connectivity index (χ2n) is 4.15. The van der Waals surface area contributed by atoms with Crippen molar-refractivity contribution < 1.29 is 23.5 Å². The quantitative estimate of drug-likeness (QED) is 0.817. The van der Waals surface area contributed by atoms with Crippen molar-refractivity contribution >= 4 is 29.3 Å². The van der Waals surface area contributed by atoms with Gasteiger partial charge in [-0.25, -0.2) is 0 Å². The normalized spacial score (nSPS) is 21.2. The van der Waals surface area contributed by atoms with Gasteiger partial charge >= 0.3 is 5.97 Å². The minimum Gasteiger partial charge on any atom is -0.481 e. The number of amides is 1. The van der Waals surface area contributed by atoms with Gasteiger partial charge in [0.25, 0.3) is 5.76 Å². The lowest BCUT2D eigenvalue weighted by molar-refractivity contribution is -0.139. The molecule has 19 heavy (non-hydrogen) atoms. The molecule has 1 aromatic carbocycles. The number of carbonyl (C=O) groups excluding carboxylic acids is 1. The van der Waals surface area contributed by atoms with E-state index in [1.807, 2.05) is 0 Å². The van der Waals surface area contributed by atoms with Gasteiger partial charge in [-0.2, -0.15) is 8.78 Å². The third-order valence-electron chi connectivity index (χ3n) is 2.81. The highest BCUT2D eigenvalue weighted by molar-refractivity contribution is 7.99. The van der Waals surface area contributed by atoms with Crippen molar-refractivity contribution in [3.63, 3.8) is 0 Å². The molecule has 0 spiro atoms. The number of halogens is 2. The van der Waals surface area contributed by atoms with Crippen LogP contribution in [0.2, 0.25) is 0 Å². The highest BCUT2D eigenvalue weighted by Crippen LogP contribution is 2.40. The molecule has 7 heteroatoms. The number of hydrogen-bond donors (Lipinski definition) is 2. The van der Waals surface area contributed by atoms with Gasteiger partial charge in [0, 0.05) is 4.90 Å². The Bertz CT molecular complexity index is 510. The second kappa shape index (κ2) is 5.56. The molecule has 1 aliphatic carbocycles. The topological polar surface area (TPSA) is 66.4 Å². The number of carbonyl (C=O) groups is 2. The Morgan fingerprint density at radius 2 is 2.00 bits per heavy atom. The molecule has 0 heterocycles. The van der Waals surface area contributed by atoms with E-state index in [1.54, 1.807) is 12.1 Å². The van der Waals surface area contributed by atoms with E-state index < -0.39 is 29.5 Å². The first kappa shape index (κ1) is 13.8. The van der Waals surface area contributed by atoms with Crippen molar-refractivity contribution in [2.75, 3.05) is 5.32 Å². The van der Waals surface area contributed by atoms with Crippen molar-refractivity contribution in [3.05, 3.63) is 24.3 Å². The molecule has 2 rings (SSSR count). The highest BCUT2D eigenvalue weighted by Gasteiger charge is 2.48. The lowest BCUT2D eigenvalue weighted by atomic mass is 10.2. The molecule has 102 valence electrons. The van der Waals surface area contributed by atoms with E-state index in [2.05, 4.69) is 5.32 Å². The zero-order chi connectivity index (χ0) is 14.0. The Morgan fingerprint density at radius 3 is 2.58 bits per heavy atom. The molecular weight excluding hydrogens is 276 g/mol. The first-order valence-electron chi connectivity index (χ1n) is 5.56. The molecule has 0 aromatic heterocycles. The Kier molecular flexibility index (Phi) is 4.04. The summed E-state index contributed by atoms with van der Waals surface area (Å²) in [5.74, 6) is -5.24. The molecule has 1 saturated carbocycles. The fourth-order valence-electron chi connectivity index (χ4n) is 1.75. The van der Waals surface area contributed by atoms with Crippen LogP contribution in [0.15, 0.2) is 29.2 Å². The summed E-state index contributed by atoms with van der Waals surface area (Å²) in [6.45, 7) is 0. The number of nitrogens with one attached hydrogen (secondary N) is 1. The minimum absolute atomic E-state index is 0.262. The Hall–Kier alpha value is -1.63. The number of alkyl halides is 2. The fourth-order valence-corrected chi connectivity index (χ4v) is 2.35. The smallest absolute Gasteiger partial charge is 0.307 e. The molecule has 4 nitrogen and oxygen atoms in total. The average Bonchev–Trinajstić information content (AvgIpc) is 3.11. The van der Waals surface area contributed by atoms with E-state index in [-0.39, 0.29) is 10.6 Å². The molecule has 0 aliphatic heterocycles. The third kappa shape index (κ3) is 3.44. The molecule has 1 fully saturated rings. The van der Waals surface area contributed by atoms with Crippen LogP contribution in [-0.2, 0) is 9.59 Å². The monoisotopic (exact) mass is 287 g/mol. The predicted molar refractivity (Wildman–Crippen MR) is 66.2 cm³/mol. The zero-order valence-electron chi connectivity index (χ0n) is 9.68. The van der Waals surface area contributed by atoms with Crippen LogP contribution in [0.5, 0.6) is 0 Å². The zero-order valence-corrected chi connectivity index (χ0v) is 10.5. The van der Waals surface area contributed by atoms with Gasteiger partial charge in [0.2, 0.25) is 5.91 Å². The molecule has 2 atom stereocenters. The van der Waals surface area contributed by atoms with E-state index in [0.29, 0.717) is 18.2 Å². The molecule has 0 saturated heterocycles. The van der Waals surface area contributed by atoms with Crippen molar-refractivity contribution in [2.45, 2.75) is 17.1 Å². The number of anilines is 1. The molecular formula is C12H11F2NO3S. The number of benzene rings is 1. The molecule has 2 N–H and O–H groups in total. The Labute approximate surface area is 112 Å². The lowest BCUT2D eigenvalue weighted by Gasteiger charge is -2.09. The van der Waals surface area contributed by atoms with Crippen LogP contribution in [-0.4, -0.2) is 22.7 Å². The van der Waals surface area contributed by atoms with E-state index >= 15 is 0 Å². The van der Waals surface area contributed by atoms with Crippen LogP contribution < -0.4 is 5.32 Å². The van der Waals surface area contributed by atoms with Crippen LogP contribution >= 0.6 is 11.8 Å². The van der Waals surface area contributed by atoms with Crippen LogP contribution in [0.25, 0.3) is 0 Å². The summed E-state index contributed by atoms with van der Waals surface area (Å²) >= 11 is 0.342. The molecule has 0 unspecified atom stereocenters.